The molecule has 2 aromatic rings. The van der Waals surface area contributed by atoms with Crippen LogP contribution in [0, 0.1) is 11.3 Å². The number of anilines is 1. The molecule has 19 heavy (non-hydrogen) atoms. The standard InChI is InChI=1S/C13H14N4OS/c14-6-1-2-7-18-12-5-3-4-11(8-12)9-15-13-17-16-10-19-13/h3-5,8,10H,1-2,7,9H2,(H,15,17). The normalized spacial score (nSPS) is 9.84. The van der Waals surface area contributed by atoms with Crippen molar-refractivity contribution in [1.82, 2.24) is 10.2 Å². The molecule has 0 atom stereocenters. The molecule has 0 saturated heterocycles. The molecule has 0 aliphatic carbocycles. The van der Waals surface area contributed by atoms with Gasteiger partial charge in [-0.15, -0.1) is 10.2 Å². The molecule has 1 aromatic carbocycles. The number of nitrogens with one attached hydrogen (secondary N) is 1. The predicted octanol–water partition coefficient (Wildman–Crippen LogP) is 2.83. The highest BCUT2D eigenvalue weighted by molar-refractivity contribution is 7.13. The van der Waals surface area contributed by atoms with Gasteiger partial charge in [-0.1, -0.05) is 23.5 Å². The maximum absolute atomic E-state index is 8.44. The summed E-state index contributed by atoms with van der Waals surface area (Å²) in [6, 6.07) is 9.98. The first kappa shape index (κ1) is 13.3. The van der Waals surface area contributed by atoms with Crippen LogP contribution in [0.5, 0.6) is 5.75 Å². The monoisotopic (exact) mass is 274 g/mol. The fourth-order valence-electron chi connectivity index (χ4n) is 1.51. The van der Waals surface area contributed by atoms with E-state index in [4.69, 9.17) is 10.00 Å². The van der Waals surface area contributed by atoms with Crippen LogP contribution in [-0.2, 0) is 6.54 Å². The number of unbranched alkanes of at least 4 members (excludes halogenated alkanes) is 1. The number of hydrogen-bond acceptors (Lipinski definition) is 6. The largest absolute Gasteiger partial charge is 0.494 e. The zero-order chi connectivity index (χ0) is 13.3. The Morgan fingerprint density at radius 3 is 3.16 bits per heavy atom. The summed E-state index contributed by atoms with van der Waals surface area (Å²) in [7, 11) is 0. The van der Waals surface area contributed by atoms with Crippen molar-refractivity contribution in [3.63, 3.8) is 0 Å². The molecule has 5 nitrogen and oxygen atoms in total. The highest BCUT2D eigenvalue weighted by atomic mass is 32.1. The summed E-state index contributed by atoms with van der Waals surface area (Å²) in [5, 5.41) is 20.1. The van der Waals surface area contributed by atoms with Gasteiger partial charge in [0.05, 0.1) is 12.7 Å². The number of ether oxygens (including phenoxy) is 1. The molecule has 1 heterocycles. The average molecular weight is 274 g/mol. The van der Waals surface area contributed by atoms with Crippen molar-refractivity contribution in [2.75, 3.05) is 11.9 Å². The first-order chi connectivity index (χ1) is 9.38. The van der Waals surface area contributed by atoms with Gasteiger partial charge in [0.2, 0.25) is 5.13 Å². The quantitative estimate of drug-likeness (QED) is 0.786. The Kier molecular flexibility index (Phi) is 5.14. The predicted molar refractivity (Wildman–Crippen MR) is 74.0 cm³/mol. The number of nitriles is 1. The zero-order valence-electron chi connectivity index (χ0n) is 10.4. The molecule has 0 saturated carbocycles. The third-order valence-corrected chi connectivity index (χ3v) is 3.05. The molecular weight excluding hydrogens is 260 g/mol. The van der Waals surface area contributed by atoms with Gasteiger partial charge in [0, 0.05) is 13.0 Å². The van der Waals surface area contributed by atoms with Crippen LogP contribution < -0.4 is 10.1 Å². The van der Waals surface area contributed by atoms with E-state index in [9.17, 15) is 0 Å². The van der Waals surface area contributed by atoms with Gasteiger partial charge in [0.25, 0.3) is 0 Å². The molecule has 1 aromatic heterocycles. The lowest BCUT2D eigenvalue weighted by Gasteiger charge is -2.07. The van der Waals surface area contributed by atoms with Crippen molar-refractivity contribution >= 4 is 16.5 Å². The summed E-state index contributed by atoms with van der Waals surface area (Å²) >= 11 is 1.47. The van der Waals surface area contributed by atoms with Crippen molar-refractivity contribution in [3.05, 3.63) is 35.3 Å². The highest BCUT2D eigenvalue weighted by Gasteiger charge is 1.99. The third kappa shape index (κ3) is 4.56. The molecule has 6 heteroatoms. The molecule has 98 valence electrons. The molecule has 0 unspecified atom stereocenters. The maximum atomic E-state index is 8.44. The second-order valence-electron chi connectivity index (χ2n) is 3.85. The van der Waals surface area contributed by atoms with E-state index in [1.807, 2.05) is 24.3 Å². The van der Waals surface area contributed by atoms with E-state index in [1.54, 1.807) is 5.51 Å². The van der Waals surface area contributed by atoms with Gasteiger partial charge >= 0.3 is 0 Å². The topological polar surface area (TPSA) is 70.8 Å². The molecule has 0 aliphatic rings. The second kappa shape index (κ2) is 7.34. The molecule has 0 radical (unpaired) electrons. The van der Waals surface area contributed by atoms with Crippen LogP contribution in [0.2, 0.25) is 0 Å². The van der Waals surface area contributed by atoms with E-state index < -0.39 is 0 Å². The van der Waals surface area contributed by atoms with Crippen LogP contribution in [0.4, 0.5) is 5.13 Å². The molecule has 0 spiro atoms. The Morgan fingerprint density at radius 2 is 2.37 bits per heavy atom. The van der Waals surface area contributed by atoms with Gasteiger partial charge in [-0.25, -0.2) is 0 Å². The summed E-state index contributed by atoms with van der Waals surface area (Å²) in [5.41, 5.74) is 2.81. The number of hydrogen-bond donors (Lipinski definition) is 1. The lowest BCUT2D eigenvalue weighted by atomic mass is 10.2. The lowest BCUT2D eigenvalue weighted by Crippen LogP contribution is -2.01. The highest BCUT2D eigenvalue weighted by Crippen LogP contribution is 2.16. The van der Waals surface area contributed by atoms with Gasteiger partial charge in [-0.3, -0.25) is 0 Å². The average Bonchev–Trinajstić information content (AvgIpc) is 2.95. The van der Waals surface area contributed by atoms with E-state index in [1.165, 1.54) is 11.3 Å². The molecule has 1 N–H and O–H groups in total. The van der Waals surface area contributed by atoms with Gasteiger partial charge in [-0.2, -0.15) is 5.26 Å². The lowest BCUT2D eigenvalue weighted by molar-refractivity contribution is 0.312. The van der Waals surface area contributed by atoms with E-state index in [-0.39, 0.29) is 0 Å². The number of aromatic nitrogens is 2. The first-order valence-corrected chi connectivity index (χ1v) is 6.85. The van der Waals surface area contributed by atoms with Gasteiger partial charge in [0.1, 0.15) is 11.3 Å². The molecule has 2 rings (SSSR count). The minimum absolute atomic E-state index is 0.526. The fourth-order valence-corrected chi connectivity index (χ4v) is 1.96. The minimum Gasteiger partial charge on any atom is -0.494 e. The number of nitrogens with zero attached hydrogens (tertiary/aromatic N) is 3. The van der Waals surface area contributed by atoms with Crippen LogP contribution in [0.3, 0.4) is 0 Å². The van der Waals surface area contributed by atoms with Crippen molar-refractivity contribution < 1.29 is 4.74 Å². The Hall–Kier alpha value is -2.13. The van der Waals surface area contributed by atoms with E-state index in [0.29, 0.717) is 19.6 Å². The second-order valence-corrected chi connectivity index (χ2v) is 4.69. The Balaban J connectivity index is 1.83. The Bertz CT molecular complexity index is 536. The molecular formula is C13H14N4OS. The number of rotatable bonds is 7. The third-order valence-electron chi connectivity index (χ3n) is 2.40. The SMILES string of the molecule is N#CCCCOc1cccc(CNc2nncs2)c1. The molecule has 0 aliphatic heterocycles. The van der Waals surface area contributed by atoms with Crippen LogP contribution in [0.25, 0.3) is 0 Å². The molecule has 0 amide bonds. The zero-order valence-corrected chi connectivity index (χ0v) is 11.2. The molecule has 0 bridgehead atoms. The van der Waals surface area contributed by atoms with E-state index in [2.05, 4.69) is 21.6 Å². The van der Waals surface area contributed by atoms with Gasteiger partial charge in [-0.05, 0) is 24.1 Å². The van der Waals surface area contributed by atoms with Gasteiger partial charge in [0.15, 0.2) is 0 Å². The van der Waals surface area contributed by atoms with Crippen molar-refractivity contribution in [1.29, 1.82) is 5.26 Å². The van der Waals surface area contributed by atoms with Crippen LogP contribution in [0.15, 0.2) is 29.8 Å². The van der Waals surface area contributed by atoms with Crippen LogP contribution >= 0.6 is 11.3 Å². The summed E-state index contributed by atoms with van der Waals surface area (Å²) < 4.78 is 5.58. The minimum atomic E-state index is 0.526. The Labute approximate surface area is 115 Å². The smallest absolute Gasteiger partial charge is 0.205 e. The number of benzene rings is 1. The molecule has 0 fully saturated rings. The van der Waals surface area contributed by atoms with Crippen LogP contribution in [0.1, 0.15) is 18.4 Å². The fraction of sp³-hybridized carbons (Fsp3) is 0.308. The van der Waals surface area contributed by atoms with Crippen molar-refractivity contribution in [3.8, 4) is 11.8 Å². The summed E-state index contributed by atoms with van der Waals surface area (Å²) in [5.74, 6) is 0.828. The van der Waals surface area contributed by atoms with E-state index >= 15 is 0 Å². The summed E-state index contributed by atoms with van der Waals surface area (Å²) in [6.45, 7) is 1.26. The van der Waals surface area contributed by atoms with Gasteiger partial charge < -0.3 is 10.1 Å². The van der Waals surface area contributed by atoms with Crippen LogP contribution in [-0.4, -0.2) is 16.8 Å². The van der Waals surface area contributed by atoms with Crippen molar-refractivity contribution in [2.45, 2.75) is 19.4 Å². The first-order valence-electron chi connectivity index (χ1n) is 5.97. The van der Waals surface area contributed by atoms with Crippen molar-refractivity contribution in [2.24, 2.45) is 0 Å². The summed E-state index contributed by atoms with van der Waals surface area (Å²) in [4.78, 5) is 0. The maximum Gasteiger partial charge on any atom is 0.205 e. The summed E-state index contributed by atoms with van der Waals surface area (Å²) in [6.07, 6.45) is 1.28. The van der Waals surface area contributed by atoms with E-state index in [0.717, 1.165) is 22.9 Å². The Morgan fingerprint density at radius 1 is 1.42 bits per heavy atom.